The van der Waals surface area contributed by atoms with Crippen LogP contribution in [0.4, 0.5) is 0 Å². The highest BCUT2D eigenvalue weighted by Crippen LogP contribution is 2.18. The first kappa shape index (κ1) is 26.7. The van der Waals surface area contributed by atoms with Gasteiger partial charge in [-0.2, -0.15) is 10.4 Å². The maximum atomic E-state index is 12.5. The molecule has 38 heavy (non-hydrogen) atoms. The highest BCUT2D eigenvalue weighted by molar-refractivity contribution is 5.93. The number of rotatable bonds is 10. The minimum absolute atomic E-state index is 0.206. The number of nitrogens with one attached hydrogen (secondary N) is 2. The smallest absolute Gasteiger partial charge is 0.254 e. The summed E-state index contributed by atoms with van der Waals surface area (Å²) in [7, 11) is 1.68. The van der Waals surface area contributed by atoms with Gasteiger partial charge in [0.2, 0.25) is 5.43 Å². The van der Waals surface area contributed by atoms with Crippen molar-refractivity contribution >= 4 is 11.6 Å². The van der Waals surface area contributed by atoms with Gasteiger partial charge < -0.3 is 15.4 Å². The summed E-state index contributed by atoms with van der Waals surface area (Å²) in [5.41, 5.74) is 2.34. The third kappa shape index (κ3) is 7.09. The summed E-state index contributed by atoms with van der Waals surface area (Å²) < 4.78 is 6.72. The van der Waals surface area contributed by atoms with Crippen molar-refractivity contribution < 1.29 is 9.53 Å². The number of ether oxygens (including phenoxy) is 1. The number of nitriles is 1. The van der Waals surface area contributed by atoms with Crippen LogP contribution in [0.2, 0.25) is 0 Å². The van der Waals surface area contributed by atoms with Gasteiger partial charge in [0.25, 0.3) is 5.91 Å². The van der Waals surface area contributed by atoms with E-state index in [1.165, 1.54) is 35.5 Å². The zero-order chi connectivity index (χ0) is 26.7. The molecule has 1 fully saturated rings. The largest absolute Gasteiger partial charge is 0.392 e. The molecule has 11 heteroatoms. The Balaban J connectivity index is 1.38. The van der Waals surface area contributed by atoms with Crippen LogP contribution in [0.5, 0.6) is 0 Å². The molecule has 0 spiro atoms. The van der Waals surface area contributed by atoms with Gasteiger partial charge in [0, 0.05) is 69.5 Å². The van der Waals surface area contributed by atoms with Crippen molar-refractivity contribution in [2.75, 3.05) is 46.4 Å². The summed E-state index contributed by atoms with van der Waals surface area (Å²) in [6.07, 6.45) is 7.14. The molecule has 0 aliphatic carbocycles. The van der Waals surface area contributed by atoms with E-state index in [9.17, 15) is 14.9 Å². The summed E-state index contributed by atoms with van der Waals surface area (Å²) in [4.78, 5) is 36.0. The van der Waals surface area contributed by atoms with Gasteiger partial charge in [-0.05, 0) is 24.6 Å². The predicted molar refractivity (Wildman–Crippen MR) is 142 cm³/mol. The number of benzene rings is 1. The van der Waals surface area contributed by atoms with E-state index in [1.807, 2.05) is 30.3 Å². The fourth-order valence-corrected chi connectivity index (χ4v) is 4.03. The number of hydrogen-bond donors (Lipinski definition) is 2. The van der Waals surface area contributed by atoms with Crippen LogP contribution in [0.3, 0.4) is 0 Å². The summed E-state index contributed by atoms with van der Waals surface area (Å²) in [5, 5.41) is 19.4. The average Bonchev–Trinajstić information content (AvgIpc) is 2.96. The number of hydrogen-bond acceptors (Lipinski definition) is 9. The van der Waals surface area contributed by atoms with Crippen LogP contribution in [0, 0.1) is 11.3 Å². The Labute approximate surface area is 220 Å². The molecular weight excluding hydrogens is 484 g/mol. The number of carbonyl (C=O) groups excluding carboxylic acids is 1. The van der Waals surface area contributed by atoms with Crippen molar-refractivity contribution in [2.24, 2.45) is 0 Å². The molecule has 3 heterocycles. The molecule has 0 unspecified atom stereocenters. The molecule has 1 amide bonds. The topological polar surface area (TPSA) is 138 Å². The van der Waals surface area contributed by atoms with Gasteiger partial charge >= 0.3 is 0 Å². The van der Waals surface area contributed by atoms with E-state index in [1.54, 1.807) is 7.05 Å². The van der Waals surface area contributed by atoms with Gasteiger partial charge in [-0.15, -0.1) is 0 Å². The Hall–Kier alpha value is -4.40. The number of morpholine rings is 1. The zero-order valence-corrected chi connectivity index (χ0v) is 21.3. The Morgan fingerprint density at radius 2 is 2.00 bits per heavy atom. The van der Waals surface area contributed by atoms with Crippen molar-refractivity contribution in [2.45, 2.75) is 12.8 Å². The monoisotopic (exact) mass is 514 g/mol. The van der Waals surface area contributed by atoms with Crippen molar-refractivity contribution in [1.82, 2.24) is 35.3 Å². The van der Waals surface area contributed by atoms with Crippen LogP contribution in [0.1, 0.15) is 28.0 Å². The van der Waals surface area contributed by atoms with E-state index in [4.69, 9.17) is 4.74 Å². The Bertz CT molecular complexity index is 1370. The van der Waals surface area contributed by atoms with Gasteiger partial charge in [0.15, 0.2) is 11.5 Å². The standard InChI is InChI=1S/C27H30N8O3/c1-29-19-23(16-28)35-9-6-25(36)24(33-35)15-20-4-2-5-21(14-20)26-31-17-22(18-32-26)27(37)30-7-3-8-34-10-12-38-13-11-34/h2,4-6,9,14,17-19,29H,3,7-8,10-13,15H2,1H3,(H,30,37)/b23-19+. The van der Waals surface area contributed by atoms with Gasteiger partial charge in [-0.3, -0.25) is 14.5 Å². The van der Waals surface area contributed by atoms with E-state index in [0.717, 1.165) is 50.4 Å². The van der Waals surface area contributed by atoms with Crippen LogP contribution in [0.15, 0.2) is 59.9 Å². The number of carbonyl (C=O) groups is 1. The lowest BCUT2D eigenvalue weighted by Gasteiger charge is -2.26. The van der Waals surface area contributed by atoms with Gasteiger partial charge in [0.1, 0.15) is 11.8 Å². The van der Waals surface area contributed by atoms with Crippen LogP contribution in [-0.4, -0.2) is 77.0 Å². The van der Waals surface area contributed by atoms with Crippen LogP contribution in [-0.2, 0) is 11.2 Å². The Kier molecular flexibility index (Phi) is 9.28. The summed E-state index contributed by atoms with van der Waals surface area (Å²) in [5.74, 6) is 0.264. The number of allylic oxidation sites excluding steroid dienone is 1. The molecule has 2 N–H and O–H groups in total. The lowest BCUT2D eigenvalue weighted by Crippen LogP contribution is -2.38. The number of aromatic nitrogens is 4. The molecule has 0 atom stereocenters. The quantitative estimate of drug-likeness (QED) is 0.303. The first-order valence-corrected chi connectivity index (χ1v) is 12.4. The minimum Gasteiger partial charge on any atom is -0.392 e. The van der Waals surface area contributed by atoms with Crippen molar-refractivity contribution in [3.05, 3.63) is 82.2 Å². The molecule has 0 radical (unpaired) electrons. The Morgan fingerprint density at radius 3 is 2.74 bits per heavy atom. The third-order valence-corrected chi connectivity index (χ3v) is 6.03. The molecule has 3 aromatic rings. The zero-order valence-electron chi connectivity index (χ0n) is 21.3. The second kappa shape index (κ2) is 13.2. The Morgan fingerprint density at radius 1 is 1.21 bits per heavy atom. The van der Waals surface area contributed by atoms with E-state index in [-0.39, 0.29) is 23.5 Å². The average molecular weight is 515 g/mol. The molecular formula is C27H30N8O3. The van der Waals surface area contributed by atoms with Gasteiger partial charge in [0.05, 0.1) is 18.8 Å². The van der Waals surface area contributed by atoms with E-state index in [0.29, 0.717) is 23.6 Å². The lowest BCUT2D eigenvalue weighted by molar-refractivity contribution is 0.0374. The maximum absolute atomic E-state index is 12.5. The van der Waals surface area contributed by atoms with E-state index < -0.39 is 0 Å². The van der Waals surface area contributed by atoms with Gasteiger partial charge in [-0.1, -0.05) is 18.2 Å². The van der Waals surface area contributed by atoms with Crippen LogP contribution in [0.25, 0.3) is 17.1 Å². The molecule has 2 aromatic heterocycles. The van der Waals surface area contributed by atoms with Crippen molar-refractivity contribution in [3.63, 3.8) is 0 Å². The van der Waals surface area contributed by atoms with Crippen LogP contribution < -0.4 is 16.1 Å². The third-order valence-electron chi connectivity index (χ3n) is 6.03. The summed E-state index contributed by atoms with van der Waals surface area (Å²) >= 11 is 0. The van der Waals surface area contributed by atoms with Crippen LogP contribution >= 0.6 is 0 Å². The van der Waals surface area contributed by atoms with Crippen molar-refractivity contribution in [3.8, 4) is 17.5 Å². The molecule has 11 nitrogen and oxygen atoms in total. The molecule has 1 aliphatic rings. The SMILES string of the molecule is CN/C=C(\C#N)n1ccc(=O)c(Cc2cccc(-c3ncc(C(=O)NCCCN4CCOCC4)cn3)c2)n1. The molecule has 1 aliphatic heterocycles. The number of nitrogens with zero attached hydrogens (tertiary/aromatic N) is 6. The maximum Gasteiger partial charge on any atom is 0.254 e. The fraction of sp³-hybridized carbons (Fsp3) is 0.333. The van der Waals surface area contributed by atoms with E-state index in [2.05, 4.69) is 30.6 Å². The van der Waals surface area contributed by atoms with Crippen molar-refractivity contribution in [1.29, 1.82) is 5.26 Å². The lowest BCUT2D eigenvalue weighted by atomic mass is 10.1. The van der Waals surface area contributed by atoms with E-state index >= 15 is 0 Å². The van der Waals surface area contributed by atoms with Gasteiger partial charge in [-0.25, -0.2) is 14.6 Å². The molecule has 196 valence electrons. The first-order chi connectivity index (χ1) is 18.6. The second-order valence-electron chi connectivity index (χ2n) is 8.74. The predicted octanol–water partition coefficient (Wildman–Crippen LogP) is 1.28. The molecule has 1 saturated heterocycles. The highest BCUT2D eigenvalue weighted by Gasteiger charge is 2.12. The molecule has 0 bridgehead atoms. The highest BCUT2D eigenvalue weighted by atomic mass is 16.5. The molecule has 4 rings (SSSR count). The second-order valence-corrected chi connectivity index (χ2v) is 8.74. The molecule has 0 saturated carbocycles. The summed E-state index contributed by atoms with van der Waals surface area (Å²) in [6, 6.07) is 10.9. The number of amides is 1. The normalized spacial score (nSPS) is 14.1. The minimum atomic E-state index is -0.218. The fourth-order valence-electron chi connectivity index (χ4n) is 4.03. The molecule has 1 aromatic carbocycles. The first-order valence-electron chi connectivity index (χ1n) is 12.4. The summed E-state index contributed by atoms with van der Waals surface area (Å²) in [6.45, 7) is 4.89.